The van der Waals surface area contributed by atoms with E-state index in [1.807, 2.05) is 22.9 Å². The Morgan fingerprint density at radius 1 is 1.45 bits per heavy atom. The molecule has 1 N–H and O–H groups in total. The molecule has 0 aliphatic heterocycles. The van der Waals surface area contributed by atoms with Crippen LogP contribution in [0.3, 0.4) is 0 Å². The van der Waals surface area contributed by atoms with Gasteiger partial charge in [0.15, 0.2) is 0 Å². The van der Waals surface area contributed by atoms with Crippen molar-refractivity contribution < 1.29 is 4.79 Å². The van der Waals surface area contributed by atoms with E-state index in [-0.39, 0.29) is 18.0 Å². The van der Waals surface area contributed by atoms with E-state index >= 15 is 0 Å². The number of amides is 1. The van der Waals surface area contributed by atoms with Crippen molar-refractivity contribution in [2.75, 3.05) is 6.54 Å². The fourth-order valence-electron chi connectivity index (χ4n) is 2.09. The first-order valence-electron chi connectivity index (χ1n) is 6.59. The summed E-state index contributed by atoms with van der Waals surface area (Å²) in [4.78, 5) is 30.4. The summed E-state index contributed by atoms with van der Waals surface area (Å²) >= 11 is 3.01. The molecule has 1 amide bonds. The van der Waals surface area contributed by atoms with Gasteiger partial charge in [-0.25, -0.2) is 4.98 Å². The highest BCUT2D eigenvalue weighted by Crippen LogP contribution is 2.33. The van der Waals surface area contributed by atoms with Crippen LogP contribution in [0.2, 0.25) is 0 Å². The normalized spacial score (nSPS) is 10.7. The van der Waals surface area contributed by atoms with Crippen LogP contribution in [0.25, 0.3) is 20.7 Å². The van der Waals surface area contributed by atoms with Crippen LogP contribution in [0, 0.1) is 0 Å². The Morgan fingerprint density at radius 3 is 3.05 bits per heavy atom. The van der Waals surface area contributed by atoms with Gasteiger partial charge < -0.3 is 5.32 Å². The second kappa shape index (κ2) is 6.25. The molecule has 22 heavy (non-hydrogen) atoms. The molecule has 3 heterocycles. The summed E-state index contributed by atoms with van der Waals surface area (Å²) < 4.78 is 1.34. The Balaban J connectivity index is 2.02. The van der Waals surface area contributed by atoms with Crippen LogP contribution in [0.4, 0.5) is 0 Å². The Bertz CT molecular complexity index is 878. The van der Waals surface area contributed by atoms with Gasteiger partial charge in [0.25, 0.3) is 5.56 Å². The molecule has 0 spiro atoms. The highest BCUT2D eigenvalue weighted by Gasteiger charge is 2.14. The first-order chi connectivity index (χ1) is 10.7. The van der Waals surface area contributed by atoms with Crippen molar-refractivity contribution in [3.8, 4) is 10.4 Å². The number of rotatable bonds is 5. The second-order valence-corrected chi connectivity index (χ2v) is 6.38. The zero-order valence-electron chi connectivity index (χ0n) is 11.6. The molecule has 5 nitrogen and oxygen atoms in total. The van der Waals surface area contributed by atoms with Gasteiger partial charge in [0.05, 0.1) is 11.7 Å². The molecule has 7 heteroatoms. The largest absolute Gasteiger partial charge is 0.351 e. The maximum absolute atomic E-state index is 12.6. The summed E-state index contributed by atoms with van der Waals surface area (Å²) in [5.41, 5.74) is 0.691. The van der Waals surface area contributed by atoms with Crippen LogP contribution in [0.5, 0.6) is 0 Å². The van der Waals surface area contributed by atoms with E-state index in [2.05, 4.69) is 16.9 Å². The highest BCUT2D eigenvalue weighted by molar-refractivity contribution is 7.18. The number of nitrogens with zero attached hydrogens (tertiary/aromatic N) is 2. The van der Waals surface area contributed by atoms with Gasteiger partial charge in [0, 0.05) is 22.4 Å². The average molecular weight is 331 g/mol. The number of hydrogen-bond donors (Lipinski definition) is 1. The minimum absolute atomic E-state index is 0.0463. The summed E-state index contributed by atoms with van der Waals surface area (Å²) in [6, 6.07) is 3.92. The van der Waals surface area contributed by atoms with Crippen molar-refractivity contribution in [3.05, 3.63) is 52.2 Å². The molecule has 3 rings (SSSR count). The molecule has 0 atom stereocenters. The first-order valence-corrected chi connectivity index (χ1v) is 8.34. The lowest BCUT2D eigenvalue weighted by Crippen LogP contribution is -2.32. The highest BCUT2D eigenvalue weighted by atomic mass is 32.1. The summed E-state index contributed by atoms with van der Waals surface area (Å²) in [6.07, 6.45) is 3.02. The van der Waals surface area contributed by atoms with Crippen molar-refractivity contribution in [1.82, 2.24) is 14.9 Å². The molecule has 0 aliphatic rings. The summed E-state index contributed by atoms with van der Waals surface area (Å²) in [6.45, 7) is 3.87. The molecule has 0 aliphatic carbocycles. The molecule has 0 saturated heterocycles. The van der Waals surface area contributed by atoms with E-state index in [0.717, 1.165) is 10.4 Å². The predicted molar refractivity (Wildman–Crippen MR) is 90.4 cm³/mol. The van der Waals surface area contributed by atoms with Crippen molar-refractivity contribution in [3.63, 3.8) is 0 Å². The van der Waals surface area contributed by atoms with Crippen molar-refractivity contribution in [1.29, 1.82) is 0 Å². The van der Waals surface area contributed by atoms with E-state index in [4.69, 9.17) is 0 Å². The van der Waals surface area contributed by atoms with Crippen LogP contribution < -0.4 is 10.9 Å². The minimum Gasteiger partial charge on any atom is -0.351 e. The van der Waals surface area contributed by atoms with Gasteiger partial charge in [-0.3, -0.25) is 14.2 Å². The summed E-state index contributed by atoms with van der Waals surface area (Å²) in [5.74, 6) is -0.240. The molecule has 112 valence electrons. The van der Waals surface area contributed by atoms with Crippen molar-refractivity contribution >= 4 is 38.8 Å². The number of nitrogens with one attached hydrogen (secondary N) is 1. The predicted octanol–water partition coefficient (Wildman–Crippen LogP) is 2.49. The van der Waals surface area contributed by atoms with E-state index in [1.54, 1.807) is 17.4 Å². The third-order valence-corrected chi connectivity index (χ3v) is 4.89. The van der Waals surface area contributed by atoms with Crippen LogP contribution in [0.15, 0.2) is 46.7 Å². The smallest absolute Gasteiger partial charge is 0.263 e. The summed E-state index contributed by atoms with van der Waals surface area (Å²) in [5, 5.41) is 7.13. The molecular weight excluding hydrogens is 318 g/mol. The fraction of sp³-hybridized carbons (Fsp3) is 0.133. The summed E-state index contributed by atoms with van der Waals surface area (Å²) in [7, 11) is 0. The fourth-order valence-corrected chi connectivity index (χ4v) is 3.81. The van der Waals surface area contributed by atoms with Gasteiger partial charge in [-0.2, -0.15) is 0 Å². The first kappa shape index (κ1) is 14.7. The molecule has 0 bridgehead atoms. The number of fused-ring (bicyclic) bond motifs is 1. The Morgan fingerprint density at radius 2 is 2.32 bits per heavy atom. The molecule has 3 aromatic rings. The molecule has 3 aromatic heterocycles. The van der Waals surface area contributed by atoms with E-state index < -0.39 is 0 Å². The van der Waals surface area contributed by atoms with Gasteiger partial charge in [-0.1, -0.05) is 12.1 Å². The maximum atomic E-state index is 12.6. The van der Waals surface area contributed by atoms with Crippen LogP contribution >= 0.6 is 22.7 Å². The van der Waals surface area contributed by atoms with Gasteiger partial charge in [0.1, 0.15) is 11.4 Å². The van der Waals surface area contributed by atoms with Gasteiger partial charge in [0.2, 0.25) is 5.91 Å². The molecule has 0 unspecified atom stereocenters. The molecule has 0 aromatic carbocycles. The molecule has 0 fully saturated rings. The Kier molecular flexibility index (Phi) is 4.17. The molecule has 0 saturated carbocycles. The van der Waals surface area contributed by atoms with E-state index in [9.17, 15) is 9.59 Å². The minimum atomic E-state index is -0.240. The maximum Gasteiger partial charge on any atom is 0.263 e. The van der Waals surface area contributed by atoms with E-state index in [0.29, 0.717) is 16.8 Å². The SMILES string of the molecule is C=CCNC(=O)Cn1cnc2scc(-c3cccs3)c2c1=O. The number of carbonyl (C=O) groups is 1. The topological polar surface area (TPSA) is 64.0 Å². The number of thiophene rings is 2. The lowest BCUT2D eigenvalue weighted by molar-refractivity contribution is -0.121. The second-order valence-electron chi connectivity index (χ2n) is 4.58. The third-order valence-electron chi connectivity index (χ3n) is 3.10. The number of aromatic nitrogens is 2. The third kappa shape index (κ3) is 2.72. The van der Waals surface area contributed by atoms with Crippen molar-refractivity contribution in [2.45, 2.75) is 6.54 Å². The zero-order valence-corrected chi connectivity index (χ0v) is 13.2. The Labute approximate surface area is 134 Å². The van der Waals surface area contributed by atoms with Gasteiger partial charge in [-0.15, -0.1) is 29.3 Å². The lowest BCUT2D eigenvalue weighted by Gasteiger charge is -2.06. The molecular formula is C15H13N3O2S2. The van der Waals surface area contributed by atoms with E-state index in [1.165, 1.54) is 22.2 Å². The quantitative estimate of drug-likeness (QED) is 0.731. The Hall–Kier alpha value is -2.25. The lowest BCUT2D eigenvalue weighted by atomic mass is 10.2. The zero-order chi connectivity index (χ0) is 15.5. The standard InChI is InChI=1S/C15H13N3O2S2/c1-2-5-16-12(19)7-18-9-17-14-13(15(18)20)10(8-22-14)11-4-3-6-21-11/h2-4,6,8-9H,1,5,7H2,(H,16,19). The van der Waals surface area contributed by atoms with Gasteiger partial charge >= 0.3 is 0 Å². The van der Waals surface area contributed by atoms with Crippen LogP contribution in [0.1, 0.15) is 0 Å². The van der Waals surface area contributed by atoms with Crippen molar-refractivity contribution in [2.24, 2.45) is 0 Å². The van der Waals surface area contributed by atoms with Gasteiger partial charge in [-0.05, 0) is 11.4 Å². The molecule has 0 radical (unpaired) electrons. The van der Waals surface area contributed by atoms with Crippen LogP contribution in [-0.2, 0) is 11.3 Å². The average Bonchev–Trinajstić information content (AvgIpc) is 3.16. The monoisotopic (exact) mass is 331 g/mol. The van der Waals surface area contributed by atoms with Crippen LogP contribution in [-0.4, -0.2) is 22.0 Å². The number of hydrogen-bond acceptors (Lipinski definition) is 5. The number of carbonyl (C=O) groups excluding carboxylic acids is 1.